The number of benzene rings is 1. The molecule has 0 aliphatic heterocycles. The van der Waals surface area contributed by atoms with Gasteiger partial charge >= 0.3 is 0 Å². The van der Waals surface area contributed by atoms with Gasteiger partial charge in [0.25, 0.3) is 11.6 Å². The molecule has 1 aromatic carbocycles. The quantitative estimate of drug-likeness (QED) is 0.353. The molecule has 0 aliphatic carbocycles. The number of aromatic hydroxyl groups is 1. The van der Waals surface area contributed by atoms with Crippen molar-refractivity contribution in [3.05, 3.63) is 55.5 Å². The summed E-state index contributed by atoms with van der Waals surface area (Å²) in [5, 5.41) is 23.8. The lowest BCUT2D eigenvalue weighted by molar-refractivity contribution is -0.384. The molecule has 0 unspecified atom stereocenters. The number of phenols is 1. The molecule has 2 aromatic rings. The van der Waals surface area contributed by atoms with Crippen LogP contribution in [0.2, 0.25) is 0 Å². The normalized spacial score (nSPS) is 10.7. The molecule has 8 nitrogen and oxygen atoms in total. The van der Waals surface area contributed by atoms with E-state index < -0.39 is 10.8 Å². The molecule has 0 radical (unpaired) electrons. The Balaban J connectivity index is 2.11. The lowest BCUT2D eigenvalue weighted by Gasteiger charge is -2.02. The van der Waals surface area contributed by atoms with Crippen molar-refractivity contribution in [2.24, 2.45) is 5.10 Å². The van der Waals surface area contributed by atoms with Gasteiger partial charge in [0.2, 0.25) is 0 Å². The zero-order valence-electron chi connectivity index (χ0n) is 10.3. The third kappa shape index (κ3) is 3.78. The highest BCUT2D eigenvalue weighted by molar-refractivity contribution is 14.1. The lowest BCUT2D eigenvalue weighted by Crippen LogP contribution is -2.17. The first-order chi connectivity index (χ1) is 9.97. The second-order valence-electron chi connectivity index (χ2n) is 3.80. The first-order valence-corrected chi connectivity index (χ1v) is 6.61. The smallest absolute Gasteiger partial charge is 0.275 e. The topological polar surface area (TPSA) is 118 Å². The Morgan fingerprint density at radius 2 is 2.19 bits per heavy atom. The van der Waals surface area contributed by atoms with Crippen LogP contribution in [-0.4, -0.2) is 22.2 Å². The number of halogens is 1. The van der Waals surface area contributed by atoms with E-state index in [1.807, 2.05) is 22.6 Å². The average molecular weight is 401 g/mol. The van der Waals surface area contributed by atoms with Crippen molar-refractivity contribution in [1.82, 2.24) is 5.43 Å². The zero-order chi connectivity index (χ0) is 15.4. The number of nitro groups is 1. The highest BCUT2D eigenvalue weighted by atomic mass is 127. The van der Waals surface area contributed by atoms with Gasteiger partial charge in [0.05, 0.1) is 16.7 Å². The predicted molar refractivity (Wildman–Crippen MR) is 81.2 cm³/mol. The number of rotatable bonds is 4. The third-order valence-electron chi connectivity index (χ3n) is 2.39. The molecule has 1 aromatic heterocycles. The number of furan rings is 1. The van der Waals surface area contributed by atoms with E-state index in [1.54, 1.807) is 12.1 Å². The maximum Gasteiger partial charge on any atom is 0.275 e. The van der Waals surface area contributed by atoms with Gasteiger partial charge in [-0.15, -0.1) is 0 Å². The number of nitrogens with zero attached hydrogens (tertiary/aromatic N) is 2. The van der Waals surface area contributed by atoms with Crippen LogP contribution < -0.4 is 5.43 Å². The molecule has 0 atom stereocenters. The van der Waals surface area contributed by atoms with Crippen molar-refractivity contribution < 1.29 is 19.2 Å². The summed E-state index contributed by atoms with van der Waals surface area (Å²) in [6.07, 6.45) is 1.27. The van der Waals surface area contributed by atoms with E-state index in [9.17, 15) is 20.0 Å². The molecule has 0 fully saturated rings. The monoisotopic (exact) mass is 401 g/mol. The Labute approximate surface area is 131 Å². The van der Waals surface area contributed by atoms with Gasteiger partial charge in [-0.2, -0.15) is 5.10 Å². The van der Waals surface area contributed by atoms with Gasteiger partial charge in [0.15, 0.2) is 3.77 Å². The summed E-state index contributed by atoms with van der Waals surface area (Å²) in [5.74, 6) is -0.711. The minimum absolute atomic E-state index is 0.240. The van der Waals surface area contributed by atoms with Crippen LogP contribution in [0.3, 0.4) is 0 Å². The molecule has 1 heterocycles. The second-order valence-corrected chi connectivity index (χ2v) is 4.86. The number of hydrazone groups is 1. The summed E-state index contributed by atoms with van der Waals surface area (Å²) >= 11 is 1.98. The van der Waals surface area contributed by atoms with Crippen LogP contribution in [0.25, 0.3) is 0 Å². The molecule has 9 heteroatoms. The SMILES string of the molecule is O=C(N/N=C/c1ccc(I)o1)c1cc([N+](=O)[O-])ccc1O. The average Bonchev–Trinajstić information content (AvgIpc) is 2.84. The fourth-order valence-corrected chi connectivity index (χ4v) is 1.87. The van der Waals surface area contributed by atoms with E-state index in [0.29, 0.717) is 9.53 Å². The van der Waals surface area contributed by atoms with Crippen LogP contribution in [-0.2, 0) is 0 Å². The van der Waals surface area contributed by atoms with E-state index in [2.05, 4.69) is 10.5 Å². The van der Waals surface area contributed by atoms with Crippen molar-refractivity contribution in [3.63, 3.8) is 0 Å². The summed E-state index contributed by atoms with van der Waals surface area (Å²) in [5.41, 5.74) is 1.61. The number of carbonyl (C=O) groups is 1. The van der Waals surface area contributed by atoms with E-state index in [4.69, 9.17) is 4.42 Å². The van der Waals surface area contributed by atoms with Crippen molar-refractivity contribution in [3.8, 4) is 5.75 Å². The van der Waals surface area contributed by atoms with Crippen LogP contribution in [0.1, 0.15) is 16.1 Å². The number of non-ortho nitro benzene ring substituents is 1. The number of amides is 1. The van der Waals surface area contributed by atoms with E-state index in [0.717, 1.165) is 18.2 Å². The van der Waals surface area contributed by atoms with Crippen molar-refractivity contribution in [1.29, 1.82) is 0 Å². The highest BCUT2D eigenvalue weighted by Gasteiger charge is 2.16. The molecule has 0 saturated heterocycles. The van der Waals surface area contributed by atoms with E-state index in [1.165, 1.54) is 6.21 Å². The fraction of sp³-hybridized carbons (Fsp3) is 0. The minimum Gasteiger partial charge on any atom is -0.507 e. The first-order valence-electron chi connectivity index (χ1n) is 5.53. The van der Waals surface area contributed by atoms with Crippen molar-refractivity contribution >= 4 is 40.4 Å². The standard InChI is InChI=1S/C12H8IN3O5/c13-11-4-2-8(21-11)6-14-15-12(18)9-5-7(16(19)20)1-3-10(9)17/h1-6,17H,(H,15,18)/b14-6+. The fourth-order valence-electron chi connectivity index (χ4n) is 1.43. The van der Waals surface area contributed by atoms with Crippen LogP contribution in [0.4, 0.5) is 5.69 Å². The van der Waals surface area contributed by atoms with Gasteiger partial charge in [-0.3, -0.25) is 14.9 Å². The number of hydrogen-bond acceptors (Lipinski definition) is 6. The number of nitro benzene ring substituents is 1. The third-order valence-corrected chi connectivity index (χ3v) is 2.97. The van der Waals surface area contributed by atoms with Gasteiger partial charge < -0.3 is 9.52 Å². The Kier molecular flexibility index (Phi) is 4.52. The summed E-state index contributed by atoms with van der Waals surface area (Å²) < 4.78 is 5.86. The van der Waals surface area contributed by atoms with Gasteiger partial charge in [-0.1, -0.05) is 0 Å². The summed E-state index contributed by atoms with van der Waals surface area (Å²) in [4.78, 5) is 21.8. The Morgan fingerprint density at radius 1 is 1.43 bits per heavy atom. The molecule has 0 aliphatic rings. The van der Waals surface area contributed by atoms with Gasteiger partial charge in [-0.05, 0) is 40.8 Å². The van der Waals surface area contributed by atoms with Crippen LogP contribution in [0, 0.1) is 13.9 Å². The Bertz CT molecular complexity index is 725. The predicted octanol–water partition coefficient (Wildman–Crippen LogP) is 2.26. The molecule has 0 spiro atoms. The van der Waals surface area contributed by atoms with Gasteiger partial charge in [0, 0.05) is 12.1 Å². The highest BCUT2D eigenvalue weighted by Crippen LogP contribution is 2.22. The second kappa shape index (κ2) is 6.35. The number of phenolic OH excluding ortho intramolecular Hbond substituents is 1. The zero-order valence-corrected chi connectivity index (χ0v) is 12.5. The number of hydrogen-bond donors (Lipinski definition) is 2. The van der Waals surface area contributed by atoms with Crippen molar-refractivity contribution in [2.75, 3.05) is 0 Å². The Morgan fingerprint density at radius 3 is 2.81 bits per heavy atom. The maximum atomic E-state index is 11.8. The molecule has 0 saturated carbocycles. The molecule has 2 N–H and O–H groups in total. The summed E-state index contributed by atoms with van der Waals surface area (Å²) in [7, 11) is 0. The molecule has 1 amide bonds. The van der Waals surface area contributed by atoms with E-state index >= 15 is 0 Å². The van der Waals surface area contributed by atoms with Crippen LogP contribution in [0.5, 0.6) is 5.75 Å². The van der Waals surface area contributed by atoms with Crippen LogP contribution >= 0.6 is 22.6 Å². The summed E-state index contributed by atoms with van der Waals surface area (Å²) in [6.45, 7) is 0. The largest absolute Gasteiger partial charge is 0.507 e. The Hall–Kier alpha value is -2.43. The van der Waals surface area contributed by atoms with Crippen LogP contribution in [0.15, 0.2) is 39.9 Å². The van der Waals surface area contributed by atoms with Gasteiger partial charge in [-0.25, -0.2) is 5.43 Å². The summed E-state index contributed by atoms with van der Waals surface area (Å²) in [6, 6.07) is 6.51. The number of carbonyl (C=O) groups excluding carboxylic acids is 1. The van der Waals surface area contributed by atoms with Gasteiger partial charge in [0.1, 0.15) is 11.5 Å². The number of nitrogens with one attached hydrogen (secondary N) is 1. The molecular formula is C12H8IN3O5. The molecule has 0 bridgehead atoms. The first kappa shape index (κ1) is 15.0. The molecule has 2 rings (SSSR count). The molecular weight excluding hydrogens is 393 g/mol. The maximum absolute atomic E-state index is 11.8. The minimum atomic E-state index is -0.770. The van der Waals surface area contributed by atoms with Crippen molar-refractivity contribution in [2.45, 2.75) is 0 Å². The molecule has 108 valence electrons. The van der Waals surface area contributed by atoms with E-state index in [-0.39, 0.29) is 17.0 Å². The molecule has 21 heavy (non-hydrogen) atoms. The lowest BCUT2D eigenvalue weighted by atomic mass is 10.1.